The Morgan fingerprint density at radius 3 is 2.18 bits per heavy atom. The van der Waals surface area contributed by atoms with E-state index in [9.17, 15) is 0 Å². The van der Waals surface area contributed by atoms with Gasteiger partial charge in [0.15, 0.2) is 0 Å². The fraction of sp³-hybridized carbons (Fsp3) is 0.346. The minimum atomic E-state index is 0.245. The second-order valence-corrected chi connectivity index (χ2v) is 9.23. The van der Waals surface area contributed by atoms with Crippen molar-refractivity contribution in [3.05, 3.63) is 102 Å². The topological polar surface area (TPSA) is 16.1 Å². The maximum Gasteiger partial charge on any atom is 0.0405 e. The zero-order chi connectivity index (χ0) is 18.8. The molecule has 1 spiro atoms. The van der Waals surface area contributed by atoms with Gasteiger partial charge in [-0.3, -0.25) is 9.88 Å². The summed E-state index contributed by atoms with van der Waals surface area (Å²) in [4.78, 5) is 7.13. The Balaban J connectivity index is 1.50. The Bertz CT molecular complexity index is 977. The molecule has 0 N–H and O–H groups in total. The van der Waals surface area contributed by atoms with Crippen LogP contribution >= 0.6 is 0 Å². The van der Waals surface area contributed by atoms with Crippen molar-refractivity contribution in [1.82, 2.24) is 9.88 Å². The molecular formula is C26H26N2. The SMILES string of the molecule is CN1C[C@@H]2C(c3ccccc3)C3(c4cccnc4)CC2(C3)[C@H]1c1ccccc1. The first kappa shape index (κ1) is 16.5. The zero-order valence-corrected chi connectivity index (χ0v) is 16.3. The van der Waals surface area contributed by atoms with Crippen LogP contribution in [0.4, 0.5) is 0 Å². The van der Waals surface area contributed by atoms with Crippen LogP contribution in [-0.2, 0) is 5.41 Å². The summed E-state index contributed by atoms with van der Waals surface area (Å²) in [7, 11) is 2.33. The molecule has 7 rings (SSSR count). The minimum absolute atomic E-state index is 0.245. The van der Waals surface area contributed by atoms with Crippen LogP contribution in [0.2, 0.25) is 0 Å². The molecule has 2 nitrogen and oxygen atoms in total. The lowest BCUT2D eigenvalue weighted by atomic mass is 9.53. The molecular weight excluding hydrogens is 340 g/mol. The van der Waals surface area contributed by atoms with Gasteiger partial charge < -0.3 is 0 Å². The summed E-state index contributed by atoms with van der Waals surface area (Å²) in [5.74, 6) is 1.28. The van der Waals surface area contributed by atoms with Crippen LogP contribution < -0.4 is 0 Å². The van der Waals surface area contributed by atoms with Gasteiger partial charge in [-0.1, -0.05) is 66.7 Å². The van der Waals surface area contributed by atoms with Crippen molar-refractivity contribution < 1.29 is 0 Å². The van der Waals surface area contributed by atoms with Gasteiger partial charge in [0.05, 0.1) is 0 Å². The van der Waals surface area contributed by atoms with Gasteiger partial charge in [0, 0.05) is 30.4 Å². The Morgan fingerprint density at radius 2 is 1.54 bits per heavy atom. The van der Waals surface area contributed by atoms with Gasteiger partial charge >= 0.3 is 0 Å². The number of hydrogen-bond donors (Lipinski definition) is 0. The van der Waals surface area contributed by atoms with Crippen molar-refractivity contribution in [3.8, 4) is 0 Å². The van der Waals surface area contributed by atoms with Crippen LogP contribution in [0.5, 0.6) is 0 Å². The normalized spacial score (nSPS) is 36.1. The molecule has 1 saturated heterocycles. The molecule has 2 heteroatoms. The van der Waals surface area contributed by atoms with Crippen LogP contribution in [0.1, 0.15) is 41.5 Å². The molecule has 3 atom stereocenters. The molecule has 3 saturated carbocycles. The molecule has 0 radical (unpaired) electrons. The quantitative estimate of drug-likeness (QED) is 0.633. The summed E-state index contributed by atoms with van der Waals surface area (Å²) in [5.41, 5.74) is 5.07. The summed E-state index contributed by atoms with van der Waals surface area (Å²) >= 11 is 0. The lowest BCUT2D eigenvalue weighted by molar-refractivity contribution is 0.0397. The number of benzene rings is 2. The van der Waals surface area contributed by atoms with Crippen molar-refractivity contribution in [1.29, 1.82) is 0 Å². The number of aromatic nitrogens is 1. The molecule has 140 valence electrons. The van der Waals surface area contributed by atoms with Crippen molar-refractivity contribution in [3.63, 3.8) is 0 Å². The van der Waals surface area contributed by atoms with E-state index in [4.69, 9.17) is 0 Å². The van der Waals surface area contributed by atoms with E-state index in [0.29, 0.717) is 23.3 Å². The number of nitrogens with zero attached hydrogens (tertiary/aromatic N) is 2. The van der Waals surface area contributed by atoms with E-state index >= 15 is 0 Å². The summed E-state index contributed by atoms with van der Waals surface area (Å²) < 4.78 is 0. The largest absolute Gasteiger partial charge is 0.298 e. The van der Waals surface area contributed by atoms with E-state index in [1.54, 1.807) is 0 Å². The Morgan fingerprint density at radius 1 is 0.857 bits per heavy atom. The van der Waals surface area contributed by atoms with Gasteiger partial charge in [0.25, 0.3) is 0 Å². The predicted molar refractivity (Wildman–Crippen MR) is 112 cm³/mol. The summed E-state index contributed by atoms with van der Waals surface area (Å²) in [6.45, 7) is 1.18. The maximum atomic E-state index is 4.50. The fourth-order valence-corrected chi connectivity index (χ4v) is 7.33. The highest BCUT2D eigenvalue weighted by atomic mass is 15.2. The zero-order valence-electron chi connectivity index (χ0n) is 16.3. The van der Waals surface area contributed by atoms with Crippen molar-refractivity contribution in [2.75, 3.05) is 13.6 Å². The van der Waals surface area contributed by atoms with Gasteiger partial charge in [-0.25, -0.2) is 0 Å². The highest BCUT2D eigenvalue weighted by Crippen LogP contribution is 2.81. The highest BCUT2D eigenvalue weighted by Gasteiger charge is 2.76. The van der Waals surface area contributed by atoms with E-state index in [-0.39, 0.29) is 5.41 Å². The van der Waals surface area contributed by atoms with Gasteiger partial charge in [0.2, 0.25) is 0 Å². The van der Waals surface area contributed by atoms with Gasteiger partial charge in [-0.05, 0) is 59.9 Å². The number of pyridine rings is 1. The average Bonchev–Trinajstić information content (AvgIpc) is 3.27. The molecule has 1 unspecified atom stereocenters. The van der Waals surface area contributed by atoms with Crippen LogP contribution in [0.25, 0.3) is 0 Å². The number of hydrogen-bond acceptors (Lipinski definition) is 2. The van der Waals surface area contributed by atoms with Crippen LogP contribution in [0.15, 0.2) is 85.2 Å². The first-order valence-corrected chi connectivity index (χ1v) is 10.5. The smallest absolute Gasteiger partial charge is 0.0405 e. The molecule has 4 aliphatic rings. The summed E-state index contributed by atoms with van der Waals surface area (Å²) in [6.07, 6.45) is 6.59. The van der Waals surface area contributed by atoms with Crippen molar-refractivity contribution in [2.24, 2.45) is 11.3 Å². The molecule has 2 bridgehead atoms. The van der Waals surface area contributed by atoms with E-state index in [1.165, 1.54) is 36.1 Å². The second kappa shape index (κ2) is 5.78. The fourth-order valence-electron chi connectivity index (χ4n) is 7.33. The lowest BCUT2D eigenvalue weighted by Gasteiger charge is -2.52. The molecule has 2 heterocycles. The molecule has 0 amide bonds. The molecule has 1 aromatic heterocycles. The molecule has 2 aromatic carbocycles. The Kier molecular flexibility index (Phi) is 3.40. The third kappa shape index (κ3) is 1.99. The predicted octanol–water partition coefficient (Wildman–Crippen LogP) is 5.20. The monoisotopic (exact) mass is 366 g/mol. The first-order chi connectivity index (χ1) is 13.7. The van der Waals surface area contributed by atoms with Gasteiger partial charge in [-0.2, -0.15) is 0 Å². The molecule has 1 aliphatic heterocycles. The van der Waals surface area contributed by atoms with Gasteiger partial charge in [0.1, 0.15) is 0 Å². The molecule has 28 heavy (non-hydrogen) atoms. The maximum absolute atomic E-state index is 4.50. The van der Waals surface area contributed by atoms with E-state index in [1.807, 2.05) is 6.20 Å². The third-order valence-electron chi connectivity index (χ3n) is 8.01. The minimum Gasteiger partial charge on any atom is -0.298 e. The molecule has 3 aromatic rings. The standard InChI is InChI=1S/C26H26N2/c1-28-16-22-23(19-9-4-2-5-10-19)25(21-13-8-14-27-15-21)17-26(22,18-25)24(28)20-11-6-3-7-12-20/h2-15,22-24H,16-18H2,1H3/t22-,23?,24-,25?,26?/m1/s1. The van der Waals surface area contributed by atoms with E-state index < -0.39 is 0 Å². The third-order valence-corrected chi connectivity index (χ3v) is 8.01. The number of likely N-dealkylation sites (tertiary alicyclic amines) is 1. The lowest BCUT2D eigenvalue weighted by Crippen LogP contribution is -2.47. The van der Waals surface area contributed by atoms with Crippen LogP contribution in [0, 0.1) is 11.3 Å². The van der Waals surface area contributed by atoms with Crippen LogP contribution in [0.3, 0.4) is 0 Å². The first-order valence-electron chi connectivity index (χ1n) is 10.5. The molecule has 4 fully saturated rings. The summed E-state index contributed by atoms with van der Waals surface area (Å²) in [6, 6.07) is 27.4. The Labute approximate surface area is 167 Å². The van der Waals surface area contributed by atoms with E-state index in [0.717, 1.165) is 0 Å². The van der Waals surface area contributed by atoms with E-state index in [2.05, 4.69) is 95.9 Å². The van der Waals surface area contributed by atoms with Crippen molar-refractivity contribution in [2.45, 2.75) is 30.2 Å². The average molecular weight is 367 g/mol. The Hall–Kier alpha value is -2.45. The van der Waals surface area contributed by atoms with Crippen molar-refractivity contribution >= 4 is 0 Å². The number of rotatable bonds is 3. The van der Waals surface area contributed by atoms with Gasteiger partial charge in [-0.15, -0.1) is 0 Å². The second-order valence-electron chi connectivity index (χ2n) is 9.23. The highest BCUT2D eigenvalue weighted by molar-refractivity contribution is 5.47. The summed E-state index contributed by atoms with van der Waals surface area (Å²) in [5, 5.41) is 0. The molecule has 3 aliphatic carbocycles. The van der Waals surface area contributed by atoms with Crippen LogP contribution in [-0.4, -0.2) is 23.5 Å².